The molecule has 0 saturated carbocycles. The Morgan fingerprint density at radius 3 is 2.88 bits per heavy atom. The van der Waals surface area contributed by atoms with Crippen molar-refractivity contribution in [3.05, 3.63) is 42.0 Å². The predicted octanol–water partition coefficient (Wildman–Crippen LogP) is 2.96. The molecule has 0 amide bonds. The third kappa shape index (κ3) is 2.87. The van der Waals surface area contributed by atoms with Gasteiger partial charge in [-0.05, 0) is 37.5 Å². The number of carbonyl (C=O) groups excluding carboxylic acids is 1. The molecule has 1 aliphatic rings. The summed E-state index contributed by atoms with van der Waals surface area (Å²) in [6.45, 7) is 0. The fraction of sp³-hybridized carbons (Fsp3) is 0.357. The van der Waals surface area contributed by atoms with Gasteiger partial charge in [-0.3, -0.25) is 0 Å². The summed E-state index contributed by atoms with van der Waals surface area (Å²) >= 11 is 0. The molecule has 0 heterocycles. The molecule has 0 N–H and O–H groups in total. The van der Waals surface area contributed by atoms with E-state index in [9.17, 15) is 4.79 Å². The maximum absolute atomic E-state index is 12.0. The lowest BCUT2D eigenvalue weighted by molar-refractivity contribution is 0.0366. The van der Waals surface area contributed by atoms with Gasteiger partial charge in [0.2, 0.25) is 0 Å². The second-order valence-electron chi connectivity index (χ2n) is 4.00. The molecule has 90 valence electrons. The summed E-state index contributed by atoms with van der Waals surface area (Å²) in [5.41, 5.74) is 0.481. The minimum absolute atomic E-state index is 0.0961. The third-order valence-corrected chi connectivity index (χ3v) is 2.80. The van der Waals surface area contributed by atoms with Gasteiger partial charge in [-0.15, -0.1) is 0 Å². The number of hydrogen-bond donors (Lipinski definition) is 0. The monoisotopic (exact) mass is 232 g/mol. The van der Waals surface area contributed by atoms with Gasteiger partial charge in [0.05, 0.1) is 7.11 Å². The van der Waals surface area contributed by atoms with E-state index in [1.807, 2.05) is 12.1 Å². The van der Waals surface area contributed by atoms with Crippen LogP contribution in [0.2, 0.25) is 0 Å². The average Bonchev–Trinajstić information content (AvgIpc) is 2.40. The topological polar surface area (TPSA) is 35.5 Å². The number of rotatable bonds is 3. The molecular formula is C14H16O3. The maximum atomic E-state index is 12.0. The van der Waals surface area contributed by atoms with Gasteiger partial charge in [-0.25, -0.2) is 4.79 Å². The van der Waals surface area contributed by atoms with Crippen molar-refractivity contribution in [2.24, 2.45) is 0 Å². The van der Waals surface area contributed by atoms with Gasteiger partial charge in [0.15, 0.2) is 0 Å². The normalized spacial score (nSPS) is 18.8. The van der Waals surface area contributed by atoms with E-state index in [1.165, 1.54) is 0 Å². The summed E-state index contributed by atoms with van der Waals surface area (Å²) in [6.07, 6.45) is 6.96. The minimum Gasteiger partial charge on any atom is -0.496 e. The molecule has 0 radical (unpaired) electrons. The second-order valence-corrected chi connectivity index (χ2v) is 4.00. The number of allylic oxidation sites excluding steroid dienone is 1. The zero-order chi connectivity index (χ0) is 12.1. The number of methoxy groups -OCH3 is 1. The molecule has 3 nitrogen and oxygen atoms in total. The number of ether oxygens (including phenoxy) is 2. The Balaban J connectivity index is 2.08. The van der Waals surface area contributed by atoms with Crippen LogP contribution in [0, 0.1) is 0 Å². The Labute approximate surface area is 101 Å². The van der Waals surface area contributed by atoms with Crippen LogP contribution in [0.1, 0.15) is 29.6 Å². The number of hydrogen-bond acceptors (Lipinski definition) is 3. The largest absolute Gasteiger partial charge is 0.496 e. The van der Waals surface area contributed by atoms with Crippen LogP contribution in [0.25, 0.3) is 0 Å². The molecule has 1 aliphatic carbocycles. The summed E-state index contributed by atoms with van der Waals surface area (Å²) in [4.78, 5) is 12.0. The molecular weight excluding hydrogens is 216 g/mol. The molecule has 0 spiro atoms. The molecule has 3 heteroatoms. The summed E-state index contributed by atoms with van der Waals surface area (Å²) in [5.74, 6) is 0.233. The second kappa shape index (κ2) is 5.53. The lowest BCUT2D eigenvalue weighted by atomic mass is 10.1. The fourth-order valence-corrected chi connectivity index (χ4v) is 1.89. The Morgan fingerprint density at radius 1 is 1.35 bits per heavy atom. The Bertz CT molecular complexity index is 423. The van der Waals surface area contributed by atoms with Crippen molar-refractivity contribution in [2.45, 2.75) is 25.4 Å². The van der Waals surface area contributed by atoms with E-state index in [2.05, 4.69) is 6.08 Å². The maximum Gasteiger partial charge on any atom is 0.342 e. The number of carbonyl (C=O) groups is 1. The predicted molar refractivity (Wildman–Crippen MR) is 65.2 cm³/mol. The molecule has 0 bridgehead atoms. The van der Waals surface area contributed by atoms with Crippen LogP contribution in [0.5, 0.6) is 5.75 Å². The number of para-hydroxylation sites is 1. The SMILES string of the molecule is COc1ccccc1C(=O)OC1C=CCCC1. The molecule has 17 heavy (non-hydrogen) atoms. The third-order valence-electron chi connectivity index (χ3n) is 2.80. The highest BCUT2D eigenvalue weighted by atomic mass is 16.5. The van der Waals surface area contributed by atoms with Crippen LogP contribution in [-0.2, 0) is 4.74 Å². The van der Waals surface area contributed by atoms with Gasteiger partial charge in [0.1, 0.15) is 17.4 Å². The minimum atomic E-state index is -0.320. The van der Waals surface area contributed by atoms with E-state index in [0.717, 1.165) is 19.3 Å². The standard InChI is InChI=1S/C14H16O3/c1-16-13-10-6-5-9-12(13)14(15)17-11-7-3-2-4-8-11/h3,5-7,9-11H,2,4,8H2,1H3. The van der Waals surface area contributed by atoms with Crippen molar-refractivity contribution in [2.75, 3.05) is 7.11 Å². The van der Waals surface area contributed by atoms with Crippen molar-refractivity contribution in [3.8, 4) is 5.75 Å². The van der Waals surface area contributed by atoms with Gasteiger partial charge >= 0.3 is 5.97 Å². The van der Waals surface area contributed by atoms with E-state index in [4.69, 9.17) is 9.47 Å². The van der Waals surface area contributed by atoms with E-state index >= 15 is 0 Å². The Hall–Kier alpha value is -1.77. The van der Waals surface area contributed by atoms with Gasteiger partial charge in [0, 0.05) is 0 Å². The van der Waals surface area contributed by atoms with Crippen LogP contribution in [0.4, 0.5) is 0 Å². The highest BCUT2D eigenvalue weighted by Gasteiger charge is 2.18. The lowest BCUT2D eigenvalue weighted by Gasteiger charge is -2.17. The first-order chi connectivity index (χ1) is 8.31. The molecule has 1 aromatic carbocycles. The molecule has 1 unspecified atom stereocenters. The van der Waals surface area contributed by atoms with Crippen molar-refractivity contribution >= 4 is 5.97 Å². The molecule has 0 aliphatic heterocycles. The zero-order valence-electron chi connectivity index (χ0n) is 9.89. The van der Waals surface area contributed by atoms with Crippen molar-refractivity contribution < 1.29 is 14.3 Å². The number of esters is 1. The first kappa shape index (κ1) is 11.7. The fourth-order valence-electron chi connectivity index (χ4n) is 1.89. The highest BCUT2D eigenvalue weighted by molar-refractivity contribution is 5.92. The summed E-state index contributed by atoms with van der Waals surface area (Å²) in [5, 5.41) is 0. The van der Waals surface area contributed by atoms with Gasteiger partial charge in [-0.1, -0.05) is 18.2 Å². The Morgan fingerprint density at radius 2 is 2.18 bits per heavy atom. The molecule has 0 aromatic heterocycles. The van der Waals surface area contributed by atoms with E-state index in [0.29, 0.717) is 11.3 Å². The quantitative estimate of drug-likeness (QED) is 0.593. The van der Waals surface area contributed by atoms with Crippen LogP contribution in [0.15, 0.2) is 36.4 Å². The van der Waals surface area contributed by atoms with E-state index < -0.39 is 0 Å². The molecule has 1 atom stereocenters. The first-order valence-electron chi connectivity index (χ1n) is 5.82. The average molecular weight is 232 g/mol. The van der Waals surface area contributed by atoms with Crippen molar-refractivity contribution in [1.29, 1.82) is 0 Å². The van der Waals surface area contributed by atoms with Crippen molar-refractivity contribution in [1.82, 2.24) is 0 Å². The summed E-state index contributed by atoms with van der Waals surface area (Å²) < 4.78 is 10.6. The number of benzene rings is 1. The van der Waals surface area contributed by atoms with E-state index in [-0.39, 0.29) is 12.1 Å². The molecule has 1 aromatic rings. The van der Waals surface area contributed by atoms with Gasteiger partial charge in [0.25, 0.3) is 0 Å². The summed E-state index contributed by atoms with van der Waals surface area (Å²) in [7, 11) is 1.55. The van der Waals surface area contributed by atoms with E-state index in [1.54, 1.807) is 25.3 Å². The van der Waals surface area contributed by atoms with Crippen molar-refractivity contribution in [3.63, 3.8) is 0 Å². The van der Waals surface area contributed by atoms with Gasteiger partial charge in [-0.2, -0.15) is 0 Å². The first-order valence-corrected chi connectivity index (χ1v) is 5.82. The zero-order valence-corrected chi connectivity index (χ0v) is 9.89. The molecule has 0 saturated heterocycles. The molecule has 0 fully saturated rings. The lowest BCUT2D eigenvalue weighted by Crippen LogP contribution is -2.18. The van der Waals surface area contributed by atoms with Crippen LogP contribution in [0.3, 0.4) is 0 Å². The van der Waals surface area contributed by atoms with Gasteiger partial charge < -0.3 is 9.47 Å². The molecule has 2 rings (SSSR count). The van der Waals surface area contributed by atoms with Crippen LogP contribution in [-0.4, -0.2) is 19.2 Å². The summed E-state index contributed by atoms with van der Waals surface area (Å²) in [6, 6.07) is 7.10. The smallest absolute Gasteiger partial charge is 0.342 e. The van der Waals surface area contributed by atoms with Crippen LogP contribution < -0.4 is 4.74 Å². The Kier molecular flexibility index (Phi) is 3.81. The highest BCUT2D eigenvalue weighted by Crippen LogP contribution is 2.21. The van der Waals surface area contributed by atoms with Crippen LogP contribution >= 0.6 is 0 Å².